The van der Waals surface area contributed by atoms with Crippen LogP contribution in [0.3, 0.4) is 0 Å². The quantitative estimate of drug-likeness (QED) is 0.669. The van der Waals surface area contributed by atoms with Crippen LogP contribution in [0.25, 0.3) is 0 Å². The molecular formula is C21H32N4O3. The minimum absolute atomic E-state index is 0.0339. The normalized spacial score (nSPS) is 16.4. The lowest BCUT2D eigenvalue weighted by atomic mass is 9.91. The number of aromatic nitrogens is 2. The van der Waals surface area contributed by atoms with Crippen LogP contribution >= 0.6 is 0 Å². The summed E-state index contributed by atoms with van der Waals surface area (Å²) in [6.45, 7) is 8.98. The SMILES string of the molecule is CCn1nc(C(=O)N(C)Cc2ccoc2)c2c1CC[C@@H](NCCOC(C)C)C2. The molecule has 2 aromatic heterocycles. The highest BCUT2D eigenvalue weighted by atomic mass is 16.5. The maximum atomic E-state index is 13.1. The van der Waals surface area contributed by atoms with Crippen LogP contribution in [0.15, 0.2) is 23.0 Å². The molecule has 7 nitrogen and oxygen atoms in total. The van der Waals surface area contributed by atoms with E-state index in [0.29, 0.717) is 24.9 Å². The number of carbonyl (C=O) groups excluding carboxylic acids is 1. The van der Waals surface area contributed by atoms with Gasteiger partial charge in [0.2, 0.25) is 0 Å². The Balaban J connectivity index is 1.69. The highest BCUT2D eigenvalue weighted by Gasteiger charge is 2.30. The van der Waals surface area contributed by atoms with Crippen molar-refractivity contribution in [3.05, 3.63) is 41.1 Å². The van der Waals surface area contributed by atoms with Crippen LogP contribution in [-0.2, 0) is 30.7 Å². The number of furan rings is 1. The molecule has 0 bridgehead atoms. The van der Waals surface area contributed by atoms with Gasteiger partial charge in [-0.2, -0.15) is 5.10 Å². The molecule has 1 aliphatic carbocycles. The number of fused-ring (bicyclic) bond motifs is 1. The maximum absolute atomic E-state index is 13.1. The molecule has 154 valence electrons. The molecule has 28 heavy (non-hydrogen) atoms. The second kappa shape index (κ2) is 9.39. The molecule has 1 atom stereocenters. The van der Waals surface area contributed by atoms with Crippen molar-refractivity contribution in [2.24, 2.45) is 0 Å². The van der Waals surface area contributed by atoms with Crippen LogP contribution in [0.5, 0.6) is 0 Å². The zero-order chi connectivity index (χ0) is 20.1. The van der Waals surface area contributed by atoms with Crippen LogP contribution in [0, 0.1) is 0 Å². The van der Waals surface area contributed by atoms with E-state index in [9.17, 15) is 4.79 Å². The average molecular weight is 389 g/mol. The molecule has 0 fully saturated rings. The van der Waals surface area contributed by atoms with Crippen LogP contribution in [-0.4, -0.2) is 52.9 Å². The van der Waals surface area contributed by atoms with E-state index in [2.05, 4.69) is 17.3 Å². The number of nitrogens with one attached hydrogen (secondary N) is 1. The van der Waals surface area contributed by atoms with Gasteiger partial charge in [0.25, 0.3) is 5.91 Å². The Morgan fingerprint density at radius 2 is 2.32 bits per heavy atom. The molecule has 0 unspecified atom stereocenters. The highest BCUT2D eigenvalue weighted by Crippen LogP contribution is 2.26. The average Bonchev–Trinajstić information content (AvgIpc) is 3.31. The molecule has 0 aromatic carbocycles. The number of aryl methyl sites for hydroxylation is 1. The number of hydrogen-bond donors (Lipinski definition) is 1. The Hall–Kier alpha value is -2.12. The molecule has 0 saturated heterocycles. The summed E-state index contributed by atoms with van der Waals surface area (Å²) in [5, 5.41) is 8.24. The van der Waals surface area contributed by atoms with Crippen LogP contribution < -0.4 is 5.32 Å². The first-order valence-electron chi connectivity index (χ1n) is 10.2. The molecule has 7 heteroatoms. The first kappa shape index (κ1) is 20.6. The molecule has 0 radical (unpaired) electrons. The Labute approximate surface area is 167 Å². The van der Waals surface area contributed by atoms with E-state index < -0.39 is 0 Å². The topological polar surface area (TPSA) is 72.5 Å². The zero-order valence-electron chi connectivity index (χ0n) is 17.4. The number of rotatable bonds is 9. The monoisotopic (exact) mass is 388 g/mol. The Bertz CT molecular complexity index is 767. The summed E-state index contributed by atoms with van der Waals surface area (Å²) in [6, 6.07) is 2.23. The molecule has 2 heterocycles. The van der Waals surface area contributed by atoms with E-state index in [1.807, 2.05) is 31.6 Å². The number of amides is 1. The van der Waals surface area contributed by atoms with Crippen molar-refractivity contribution in [3.8, 4) is 0 Å². The molecule has 1 amide bonds. The molecule has 0 spiro atoms. The van der Waals surface area contributed by atoms with Gasteiger partial charge in [0, 0.05) is 49.5 Å². The highest BCUT2D eigenvalue weighted by molar-refractivity contribution is 5.94. The summed E-state index contributed by atoms with van der Waals surface area (Å²) < 4.78 is 12.7. The van der Waals surface area contributed by atoms with Crippen LogP contribution in [0.2, 0.25) is 0 Å². The van der Waals surface area contributed by atoms with Gasteiger partial charge in [-0.25, -0.2) is 0 Å². The van der Waals surface area contributed by atoms with Gasteiger partial charge >= 0.3 is 0 Å². The lowest BCUT2D eigenvalue weighted by Gasteiger charge is -2.25. The largest absolute Gasteiger partial charge is 0.472 e. The Kier molecular flexibility index (Phi) is 6.91. The zero-order valence-corrected chi connectivity index (χ0v) is 17.4. The second-order valence-corrected chi connectivity index (χ2v) is 7.70. The lowest BCUT2D eigenvalue weighted by molar-refractivity contribution is 0.0772. The van der Waals surface area contributed by atoms with Gasteiger partial charge in [-0.05, 0) is 46.1 Å². The van der Waals surface area contributed by atoms with Crippen LogP contribution in [0.4, 0.5) is 0 Å². The van der Waals surface area contributed by atoms with Crippen molar-refractivity contribution in [3.63, 3.8) is 0 Å². The summed E-state index contributed by atoms with van der Waals surface area (Å²) in [5.74, 6) is -0.0339. The third-order valence-corrected chi connectivity index (χ3v) is 5.18. The summed E-state index contributed by atoms with van der Waals surface area (Å²) in [4.78, 5) is 14.8. The molecule has 0 saturated carbocycles. The number of carbonyl (C=O) groups is 1. The van der Waals surface area contributed by atoms with Gasteiger partial charge in [-0.15, -0.1) is 0 Å². The van der Waals surface area contributed by atoms with Gasteiger partial charge in [0.1, 0.15) is 0 Å². The third-order valence-electron chi connectivity index (χ3n) is 5.18. The first-order valence-corrected chi connectivity index (χ1v) is 10.2. The fourth-order valence-electron chi connectivity index (χ4n) is 3.76. The van der Waals surface area contributed by atoms with Crippen molar-refractivity contribution in [1.29, 1.82) is 0 Å². The second-order valence-electron chi connectivity index (χ2n) is 7.70. The van der Waals surface area contributed by atoms with E-state index >= 15 is 0 Å². The minimum atomic E-state index is -0.0339. The van der Waals surface area contributed by atoms with Gasteiger partial charge in [-0.3, -0.25) is 9.48 Å². The third kappa shape index (κ3) is 4.83. The van der Waals surface area contributed by atoms with E-state index in [-0.39, 0.29) is 12.0 Å². The predicted molar refractivity (Wildman–Crippen MR) is 107 cm³/mol. The summed E-state index contributed by atoms with van der Waals surface area (Å²) in [6.07, 6.45) is 6.37. The van der Waals surface area contributed by atoms with Gasteiger partial charge in [-0.1, -0.05) is 0 Å². The lowest BCUT2D eigenvalue weighted by Crippen LogP contribution is -2.37. The molecule has 3 rings (SSSR count). The van der Waals surface area contributed by atoms with E-state index in [1.54, 1.807) is 17.4 Å². The first-order chi connectivity index (χ1) is 13.5. The van der Waals surface area contributed by atoms with Crippen molar-refractivity contribution < 1.29 is 13.9 Å². The van der Waals surface area contributed by atoms with Gasteiger partial charge in [0.05, 0.1) is 25.2 Å². The summed E-state index contributed by atoms with van der Waals surface area (Å²) >= 11 is 0. The number of hydrogen-bond acceptors (Lipinski definition) is 5. The fraction of sp³-hybridized carbons (Fsp3) is 0.619. The molecule has 1 N–H and O–H groups in total. The van der Waals surface area contributed by atoms with E-state index in [4.69, 9.17) is 9.15 Å². The van der Waals surface area contributed by atoms with E-state index in [0.717, 1.165) is 43.5 Å². The Morgan fingerprint density at radius 3 is 3.00 bits per heavy atom. The maximum Gasteiger partial charge on any atom is 0.274 e. The standard InChI is InChI=1S/C21H32N4O3/c1-5-25-19-7-6-17(22-9-11-28-15(2)3)12-18(19)20(23-25)21(26)24(4)13-16-8-10-27-14-16/h8,10,14-15,17,22H,5-7,9,11-13H2,1-4H3/t17-/m1/s1. The fourth-order valence-corrected chi connectivity index (χ4v) is 3.76. The Morgan fingerprint density at radius 1 is 1.50 bits per heavy atom. The molecule has 0 aliphatic heterocycles. The van der Waals surface area contributed by atoms with Crippen molar-refractivity contribution in [2.75, 3.05) is 20.2 Å². The number of nitrogens with zero attached hydrogens (tertiary/aromatic N) is 3. The molecular weight excluding hydrogens is 356 g/mol. The van der Waals surface area contributed by atoms with Crippen LogP contribution in [0.1, 0.15) is 54.5 Å². The smallest absolute Gasteiger partial charge is 0.274 e. The van der Waals surface area contributed by atoms with Crippen molar-refractivity contribution in [2.45, 2.75) is 65.3 Å². The minimum Gasteiger partial charge on any atom is -0.472 e. The summed E-state index contributed by atoms with van der Waals surface area (Å²) in [7, 11) is 1.81. The summed E-state index contributed by atoms with van der Waals surface area (Å²) in [5.41, 5.74) is 3.87. The molecule has 2 aromatic rings. The van der Waals surface area contributed by atoms with Crippen molar-refractivity contribution >= 4 is 5.91 Å². The van der Waals surface area contributed by atoms with Gasteiger partial charge in [0.15, 0.2) is 5.69 Å². The van der Waals surface area contributed by atoms with Gasteiger partial charge < -0.3 is 19.4 Å². The van der Waals surface area contributed by atoms with Crippen molar-refractivity contribution in [1.82, 2.24) is 20.0 Å². The number of ether oxygens (including phenoxy) is 1. The molecule has 1 aliphatic rings. The predicted octanol–water partition coefficient (Wildman–Crippen LogP) is 2.64. The van der Waals surface area contributed by atoms with E-state index in [1.165, 1.54) is 5.69 Å².